The summed E-state index contributed by atoms with van der Waals surface area (Å²) in [5, 5.41) is 12.9. The average Bonchev–Trinajstić information content (AvgIpc) is 2.42. The van der Waals surface area contributed by atoms with Gasteiger partial charge in [-0.05, 0) is 24.3 Å². The first-order valence-corrected chi connectivity index (χ1v) is 6.68. The molecule has 0 amide bonds. The van der Waals surface area contributed by atoms with E-state index in [1.165, 1.54) is 12.3 Å². The molecule has 2 aromatic carbocycles. The highest BCUT2D eigenvalue weighted by Crippen LogP contribution is 2.38. The molecule has 0 atom stereocenters. The summed E-state index contributed by atoms with van der Waals surface area (Å²) in [5.41, 5.74) is 1.99. The smallest absolute Gasteiger partial charge is 0.416 e. The Hall–Kier alpha value is -1.92. The number of para-hydroxylation sites is 1. The second-order valence-electron chi connectivity index (χ2n) is 4.24. The SMILES string of the molecule is Oc1ccccc1/C=N/Nc1c(Cl)cc(C(F)(F)F)cc1Cl. The molecule has 116 valence electrons. The Balaban J connectivity index is 2.22. The van der Waals surface area contributed by atoms with E-state index in [0.29, 0.717) is 5.56 Å². The predicted octanol–water partition coefficient (Wildman–Crippen LogP) is 5.16. The van der Waals surface area contributed by atoms with Gasteiger partial charge < -0.3 is 5.11 Å². The molecular formula is C14H9Cl2F3N2O. The molecule has 0 saturated carbocycles. The lowest BCUT2D eigenvalue weighted by Crippen LogP contribution is -2.05. The van der Waals surface area contributed by atoms with Crippen LogP contribution < -0.4 is 5.43 Å². The van der Waals surface area contributed by atoms with Crippen molar-refractivity contribution in [2.75, 3.05) is 5.43 Å². The maximum Gasteiger partial charge on any atom is 0.416 e. The van der Waals surface area contributed by atoms with Crippen LogP contribution in [-0.2, 0) is 6.18 Å². The van der Waals surface area contributed by atoms with Crippen LogP contribution in [0.5, 0.6) is 5.75 Å². The van der Waals surface area contributed by atoms with Gasteiger partial charge in [-0.25, -0.2) is 0 Å². The molecule has 0 fully saturated rings. The molecular weight excluding hydrogens is 340 g/mol. The van der Waals surface area contributed by atoms with Gasteiger partial charge in [0.2, 0.25) is 0 Å². The Morgan fingerprint density at radius 1 is 1.09 bits per heavy atom. The number of rotatable bonds is 3. The number of alkyl halides is 3. The Morgan fingerprint density at radius 3 is 2.23 bits per heavy atom. The monoisotopic (exact) mass is 348 g/mol. The highest BCUT2D eigenvalue weighted by atomic mass is 35.5. The van der Waals surface area contributed by atoms with Gasteiger partial charge in [0.25, 0.3) is 0 Å². The van der Waals surface area contributed by atoms with Crippen LogP contribution >= 0.6 is 23.2 Å². The number of nitrogens with one attached hydrogen (secondary N) is 1. The van der Waals surface area contributed by atoms with E-state index in [2.05, 4.69) is 10.5 Å². The molecule has 0 aliphatic heterocycles. The van der Waals surface area contributed by atoms with E-state index < -0.39 is 11.7 Å². The lowest BCUT2D eigenvalue weighted by molar-refractivity contribution is -0.137. The fraction of sp³-hybridized carbons (Fsp3) is 0.0714. The number of hydrogen-bond donors (Lipinski definition) is 2. The summed E-state index contributed by atoms with van der Waals surface area (Å²) in [6.07, 6.45) is -3.25. The third-order valence-electron chi connectivity index (χ3n) is 2.69. The number of hydrogen-bond acceptors (Lipinski definition) is 3. The van der Waals surface area contributed by atoms with Crippen molar-refractivity contribution >= 4 is 35.1 Å². The van der Waals surface area contributed by atoms with Crippen LogP contribution in [0.1, 0.15) is 11.1 Å². The van der Waals surface area contributed by atoms with Gasteiger partial charge in [-0.15, -0.1) is 0 Å². The third-order valence-corrected chi connectivity index (χ3v) is 3.28. The van der Waals surface area contributed by atoms with Crippen molar-refractivity contribution in [1.29, 1.82) is 0 Å². The Labute approximate surface area is 134 Å². The molecule has 0 spiro atoms. The molecule has 3 nitrogen and oxygen atoms in total. The number of benzene rings is 2. The van der Waals surface area contributed by atoms with Gasteiger partial charge in [0.05, 0.1) is 27.5 Å². The normalized spacial score (nSPS) is 11.9. The second-order valence-corrected chi connectivity index (χ2v) is 5.06. The summed E-state index contributed by atoms with van der Waals surface area (Å²) in [4.78, 5) is 0. The van der Waals surface area contributed by atoms with Gasteiger partial charge in [-0.2, -0.15) is 18.3 Å². The van der Waals surface area contributed by atoms with Crippen LogP contribution in [0.4, 0.5) is 18.9 Å². The lowest BCUT2D eigenvalue weighted by Gasteiger charge is -2.11. The van der Waals surface area contributed by atoms with Crippen LogP contribution in [0.25, 0.3) is 0 Å². The number of halogens is 5. The molecule has 0 bridgehead atoms. The van der Waals surface area contributed by atoms with E-state index in [1.807, 2.05) is 0 Å². The fourth-order valence-corrected chi connectivity index (χ4v) is 2.18. The lowest BCUT2D eigenvalue weighted by atomic mass is 10.2. The average molecular weight is 349 g/mol. The van der Waals surface area contributed by atoms with Crippen LogP contribution in [0.3, 0.4) is 0 Å². The van der Waals surface area contributed by atoms with Crippen molar-refractivity contribution in [3.8, 4) is 5.75 Å². The summed E-state index contributed by atoms with van der Waals surface area (Å²) >= 11 is 11.6. The minimum Gasteiger partial charge on any atom is -0.507 e. The van der Waals surface area contributed by atoms with Crippen molar-refractivity contribution < 1.29 is 18.3 Å². The van der Waals surface area contributed by atoms with Gasteiger partial charge in [0.1, 0.15) is 5.75 Å². The van der Waals surface area contributed by atoms with Gasteiger partial charge in [0, 0.05) is 5.56 Å². The zero-order chi connectivity index (χ0) is 16.3. The van der Waals surface area contributed by atoms with Crippen LogP contribution in [0, 0.1) is 0 Å². The number of hydrazone groups is 1. The minimum atomic E-state index is -4.54. The van der Waals surface area contributed by atoms with Gasteiger partial charge in [-0.3, -0.25) is 5.43 Å². The molecule has 0 aliphatic carbocycles. The second kappa shape index (κ2) is 6.46. The van der Waals surface area contributed by atoms with E-state index in [9.17, 15) is 18.3 Å². The van der Waals surface area contributed by atoms with Crippen LogP contribution in [-0.4, -0.2) is 11.3 Å². The predicted molar refractivity (Wildman–Crippen MR) is 80.8 cm³/mol. The molecule has 0 radical (unpaired) electrons. The standard InChI is InChI=1S/C14H9Cl2F3N2O/c15-10-5-9(14(17,18)19)6-11(16)13(10)21-20-7-8-3-1-2-4-12(8)22/h1-7,21-22H/b20-7+. The number of nitrogens with zero attached hydrogens (tertiary/aromatic N) is 1. The first-order valence-electron chi connectivity index (χ1n) is 5.92. The summed E-state index contributed by atoms with van der Waals surface area (Å²) in [7, 11) is 0. The number of phenolic OH excluding ortho intramolecular Hbond substituents is 1. The van der Waals surface area contributed by atoms with E-state index in [0.717, 1.165) is 12.1 Å². The molecule has 0 unspecified atom stereocenters. The first-order chi connectivity index (χ1) is 10.3. The van der Waals surface area contributed by atoms with Crippen molar-refractivity contribution in [1.82, 2.24) is 0 Å². The largest absolute Gasteiger partial charge is 0.507 e. The van der Waals surface area contributed by atoms with E-state index in [4.69, 9.17) is 23.2 Å². The van der Waals surface area contributed by atoms with Gasteiger partial charge in [0.15, 0.2) is 0 Å². The summed E-state index contributed by atoms with van der Waals surface area (Å²) in [5.74, 6) is 0.0117. The fourth-order valence-electron chi connectivity index (χ4n) is 1.61. The zero-order valence-corrected chi connectivity index (χ0v) is 12.3. The molecule has 2 aromatic rings. The first kappa shape index (κ1) is 16.5. The molecule has 8 heteroatoms. The highest BCUT2D eigenvalue weighted by Gasteiger charge is 2.32. The summed E-state index contributed by atoms with van der Waals surface area (Å²) in [6.45, 7) is 0. The highest BCUT2D eigenvalue weighted by molar-refractivity contribution is 6.39. The third kappa shape index (κ3) is 3.84. The Bertz CT molecular complexity index is 694. The summed E-state index contributed by atoms with van der Waals surface area (Å²) < 4.78 is 37.8. The minimum absolute atomic E-state index is 0.0117. The van der Waals surface area contributed by atoms with Crippen LogP contribution in [0.2, 0.25) is 10.0 Å². The van der Waals surface area contributed by atoms with Crippen molar-refractivity contribution in [2.24, 2.45) is 5.10 Å². The van der Waals surface area contributed by atoms with E-state index in [1.54, 1.807) is 18.2 Å². The summed E-state index contributed by atoms with van der Waals surface area (Å²) in [6, 6.07) is 7.93. The van der Waals surface area contributed by atoms with E-state index >= 15 is 0 Å². The van der Waals surface area contributed by atoms with Gasteiger partial charge >= 0.3 is 6.18 Å². The van der Waals surface area contributed by atoms with E-state index in [-0.39, 0.29) is 21.5 Å². The molecule has 0 saturated heterocycles. The Kier molecular flexibility index (Phi) is 4.83. The van der Waals surface area contributed by atoms with Gasteiger partial charge in [-0.1, -0.05) is 35.3 Å². The zero-order valence-electron chi connectivity index (χ0n) is 10.8. The number of phenols is 1. The number of aromatic hydroxyl groups is 1. The quantitative estimate of drug-likeness (QED) is 0.594. The molecule has 22 heavy (non-hydrogen) atoms. The molecule has 2 N–H and O–H groups in total. The molecule has 0 heterocycles. The van der Waals surface area contributed by atoms with Crippen molar-refractivity contribution in [2.45, 2.75) is 6.18 Å². The molecule has 0 aliphatic rings. The topological polar surface area (TPSA) is 44.6 Å². The number of anilines is 1. The van der Waals surface area contributed by atoms with Crippen molar-refractivity contribution in [3.63, 3.8) is 0 Å². The molecule has 0 aromatic heterocycles. The maximum absolute atomic E-state index is 12.6. The maximum atomic E-state index is 12.6. The van der Waals surface area contributed by atoms with Crippen molar-refractivity contribution in [3.05, 3.63) is 57.6 Å². The molecule has 2 rings (SSSR count). The Morgan fingerprint density at radius 2 is 1.68 bits per heavy atom. The van der Waals surface area contributed by atoms with Crippen LogP contribution in [0.15, 0.2) is 41.5 Å².